The van der Waals surface area contributed by atoms with Gasteiger partial charge in [0.25, 0.3) is 5.91 Å². The van der Waals surface area contributed by atoms with Gasteiger partial charge in [-0.05, 0) is 30.5 Å². The second-order valence-electron chi connectivity index (χ2n) is 6.22. The minimum absolute atomic E-state index is 0.00639. The first-order chi connectivity index (χ1) is 12.6. The zero-order valence-electron chi connectivity index (χ0n) is 14.3. The maximum Gasteiger partial charge on any atom is 0.324 e. The first-order valence-corrected chi connectivity index (χ1v) is 8.57. The Morgan fingerprint density at radius 3 is 2.73 bits per heavy atom. The van der Waals surface area contributed by atoms with E-state index in [1.165, 1.54) is 6.26 Å². The number of benzene rings is 1. The largest absolute Gasteiger partial charge is 0.467 e. The fourth-order valence-electron chi connectivity index (χ4n) is 2.85. The average molecular weight is 358 g/mol. The molecule has 26 heavy (non-hydrogen) atoms. The molecule has 138 valence electrons. The molecule has 0 bridgehead atoms. The topological polar surface area (TPSA) is 92.0 Å². The van der Waals surface area contributed by atoms with Crippen LogP contribution in [0.15, 0.2) is 53.1 Å². The van der Waals surface area contributed by atoms with E-state index < -0.39 is 18.2 Å². The van der Waals surface area contributed by atoms with Crippen molar-refractivity contribution in [3.63, 3.8) is 0 Å². The summed E-state index contributed by atoms with van der Waals surface area (Å²) in [6, 6.07) is 12.3. The van der Waals surface area contributed by atoms with Crippen LogP contribution in [0, 0.1) is 0 Å². The van der Waals surface area contributed by atoms with Crippen molar-refractivity contribution in [3.8, 4) is 0 Å². The SMILES string of the molecule is O=C1NC(CCc2ccccc2)C(=O)N1CC(O)COCc1ccco1. The summed E-state index contributed by atoms with van der Waals surface area (Å²) in [6.07, 6.45) is 1.81. The van der Waals surface area contributed by atoms with Gasteiger partial charge in [-0.2, -0.15) is 0 Å². The van der Waals surface area contributed by atoms with Crippen LogP contribution in [0.2, 0.25) is 0 Å². The van der Waals surface area contributed by atoms with Crippen LogP contribution in [0.1, 0.15) is 17.7 Å². The number of carbonyl (C=O) groups is 2. The first kappa shape index (κ1) is 18.2. The molecule has 3 amide bonds. The summed E-state index contributed by atoms with van der Waals surface area (Å²) in [5, 5.41) is 12.7. The van der Waals surface area contributed by atoms with Gasteiger partial charge >= 0.3 is 6.03 Å². The number of furan rings is 1. The van der Waals surface area contributed by atoms with Crippen LogP contribution in [0.25, 0.3) is 0 Å². The number of ether oxygens (including phenoxy) is 1. The number of rotatable bonds is 9. The third-order valence-electron chi connectivity index (χ3n) is 4.20. The number of aryl methyl sites for hydroxylation is 1. The van der Waals surface area contributed by atoms with Crippen LogP contribution in [0.4, 0.5) is 4.79 Å². The van der Waals surface area contributed by atoms with Gasteiger partial charge in [0.05, 0.1) is 25.5 Å². The Labute approximate surface area is 151 Å². The Morgan fingerprint density at radius 1 is 1.19 bits per heavy atom. The van der Waals surface area contributed by atoms with Crippen LogP contribution in [-0.2, 0) is 22.6 Å². The fourth-order valence-corrected chi connectivity index (χ4v) is 2.85. The molecular formula is C19H22N2O5. The summed E-state index contributed by atoms with van der Waals surface area (Å²) in [6.45, 7) is 0.140. The van der Waals surface area contributed by atoms with Gasteiger partial charge in [0.2, 0.25) is 0 Å². The van der Waals surface area contributed by atoms with Gasteiger partial charge in [-0.15, -0.1) is 0 Å². The lowest BCUT2D eigenvalue weighted by Gasteiger charge is -2.17. The van der Waals surface area contributed by atoms with E-state index in [1.54, 1.807) is 12.1 Å². The van der Waals surface area contributed by atoms with Gasteiger partial charge < -0.3 is 19.6 Å². The Balaban J connectivity index is 1.44. The summed E-state index contributed by atoms with van der Waals surface area (Å²) in [5.74, 6) is 0.337. The molecule has 7 nitrogen and oxygen atoms in total. The van der Waals surface area contributed by atoms with Gasteiger partial charge in [-0.25, -0.2) is 4.79 Å². The predicted molar refractivity (Wildman–Crippen MR) is 93.2 cm³/mol. The summed E-state index contributed by atoms with van der Waals surface area (Å²) in [5.41, 5.74) is 1.11. The minimum atomic E-state index is -0.951. The van der Waals surface area contributed by atoms with Crippen molar-refractivity contribution in [2.45, 2.75) is 31.6 Å². The van der Waals surface area contributed by atoms with Gasteiger partial charge in [0.1, 0.15) is 18.4 Å². The molecule has 2 N–H and O–H groups in total. The van der Waals surface area contributed by atoms with Crippen LogP contribution in [-0.4, -0.2) is 47.2 Å². The molecule has 7 heteroatoms. The third-order valence-corrected chi connectivity index (χ3v) is 4.20. The fraction of sp³-hybridized carbons (Fsp3) is 0.368. The number of aliphatic hydroxyl groups is 1. The number of imide groups is 1. The molecule has 0 aliphatic carbocycles. The normalized spacial score (nSPS) is 18.2. The van der Waals surface area contributed by atoms with E-state index in [9.17, 15) is 14.7 Å². The average Bonchev–Trinajstić information content (AvgIpc) is 3.25. The number of β-amino-alcohol motifs (C(OH)–C–C–N with tert-alkyl or cyclic N) is 1. The highest BCUT2D eigenvalue weighted by molar-refractivity contribution is 6.04. The molecular weight excluding hydrogens is 336 g/mol. The summed E-state index contributed by atoms with van der Waals surface area (Å²) in [7, 11) is 0. The number of nitrogens with one attached hydrogen (secondary N) is 1. The highest BCUT2D eigenvalue weighted by Gasteiger charge is 2.38. The van der Waals surface area contributed by atoms with Crippen molar-refractivity contribution >= 4 is 11.9 Å². The van der Waals surface area contributed by atoms with Crippen molar-refractivity contribution in [1.82, 2.24) is 10.2 Å². The quantitative estimate of drug-likeness (QED) is 0.666. The molecule has 2 aromatic rings. The van der Waals surface area contributed by atoms with Crippen LogP contribution in [0.3, 0.4) is 0 Å². The molecule has 3 rings (SSSR count). The van der Waals surface area contributed by atoms with Crippen molar-refractivity contribution in [2.75, 3.05) is 13.2 Å². The minimum Gasteiger partial charge on any atom is -0.467 e. The number of carbonyl (C=O) groups excluding carboxylic acids is 2. The lowest BCUT2D eigenvalue weighted by molar-refractivity contribution is -0.129. The van der Waals surface area contributed by atoms with E-state index in [4.69, 9.17) is 9.15 Å². The standard InChI is InChI=1S/C19H22N2O5/c22-15(12-25-13-16-7-4-10-26-16)11-21-18(23)17(20-19(21)24)9-8-14-5-2-1-3-6-14/h1-7,10,15,17,22H,8-9,11-13H2,(H,20,24). The highest BCUT2D eigenvalue weighted by atomic mass is 16.5. The van der Waals surface area contributed by atoms with Gasteiger partial charge in [0, 0.05) is 0 Å². The van der Waals surface area contributed by atoms with Crippen molar-refractivity contribution in [2.24, 2.45) is 0 Å². The summed E-state index contributed by atoms with van der Waals surface area (Å²) < 4.78 is 10.5. The van der Waals surface area contributed by atoms with E-state index in [-0.39, 0.29) is 25.7 Å². The molecule has 0 spiro atoms. The van der Waals surface area contributed by atoms with Gasteiger partial charge in [-0.1, -0.05) is 30.3 Å². The molecule has 1 aliphatic rings. The lowest BCUT2D eigenvalue weighted by Crippen LogP contribution is -2.39. The number of hydrogen-bond acceptors (Lipinski definition) is 5. The molecule has 1 aromatic heterocycles. The third kappa shape index (κ3) is 4.71. The van der Waals surface area contributed by atoms with Crippen LogP contribution < -0.4 is 5.32 Å². The summed E-state index contributed by atoms with van der Waals surface area (Å²) in [4.78, 5) is 25.5. The zero-order valence-corrected chi connectivity index (χ0v) is 14.3. The molecule has 0 saturated carbocycles. The Kier molecular flexibility index (Phi) is 6.04. The van der Waals surface area contributed by atoms with E-state index in [0.29, 0.717) is 18.6 Å². The van der Waals surface area contributed by atoms with Crippen molar-refractivity contribution < 1.29 is 23.8 Å². The predicted octanol–water partition coefficient (Wildman–Crippen LogP) is 1.71. The molecule has 1 aliphatic heterocycles. The number of aliphatic hydroxyl groups excluding tert-OH is 1. The maximum absolute atomic E-state index is 12.4. The molecule has 2 unspecified atom stereocenters. The highest BCUT2D eigenvalue weighted by Crippen LogP contribution is 2.14. The second kappa shape index (κ2) is 8.64. The molecule has 1 saturated heterocycles. The zero-order chi connectivity index (χ0) is 18.4. The van der Waals surface area contributed by atoms with E-state index >= 15 is 0 Å². The Bertz CT molecular complexity index is 717. The molecule has 1 aromatic carbocycles. The Morgan fingerprint density at radius 2 is 2.00 bits per heavy atom. The van der Waals surface area contributed by atoms with Gasteiger partial charge in [0.15, 0.2) is 0 Å². The number of urea groups is 1. The molecule has 0 radical (unpaired) electrons. The number of nitrogens with zero attached hydrogens (tertiary/aromatic N) is 1. The Hall–Kier alpha value is -2.64. The van der Waals surface area contributed by atoms with E-state index in [2.05, 4.69) is 5.32 Å². The van der Waals surface area contributed by atoms with E-state index in [0.717, 1.165) is 10.5 Å². The lowest BCUT2D eigenvalue weighted by atomic mass is 10.1. The molecule has 1 fully saturated rings. The molecule has 2 atom stereocenters. The maximum atomic E-state index is 12.4. The monoisotopic (exact) mass is 358 g/mol. The van der Waals surface area contributed by atoms with Crippen LogP contribution in [0.5, 0.6) is 0 Å². The van der Waals surface area contributed by atoms with Crippen LogP contribution >= 0.6 is 0 Å². The van der Waals surface area contributed by atoms with Crippen molar-refractivity contribution in [3.05, 3.63) is 60.1 Å². The second-order valence-corrected chi connectivity index (χ2v) is 6.22. The van der Waals surface area contributed by atoms with Crippen molar-refractivity contribution in [1.29, 1.82) is 0 Å². The van der Waals surface area contributed by atoms with E-state index in [1.807, 2.05) is 30.3 Å². The smallest absolute Gasteiger partial charge is 0.324 e. The van der Waals surface area contributed by atoms with Gasteiger partial charge in [-0.3, -0.25) is 9.69 Å². The molecule has 2 heterocycles. The summed E-state index contributed by atoms with van der Waals surface area (Å²) >= 11 is 0. The number of hydrogen-bond donors (Lipinski definition) is 2. The first-order valence-electron chi connectivity index (χ1n) is 8.57. The number of amides is 3.